The summed E-state index contributed by atoms with van der Waals surface area (Å²) in [5, 5.41) is 2.79. The maximum absolute atomic E-state index is 12.4. The molecule has 0 fully saturated rings. The minimum Gasteiger partial charge on any atom is -0.383 e. The highest BCUT2D eigenvalue weighted by molar-refractivity contribution is 5.78. The fourth-order valence-electron chi connectivity index (χ4n) is 2.96. The molecule has 1 aromatic rings. The molecule has 0 spiro atoms. The molecule has 0 bridgehead atoms. The molecule has 1 N–H and O–H groups in total. The predicted octanol–water partition coefficient (Wildman–Crippen LogP) is 1.14. The number of carbonyl (C=O) groups is 2. The van der Waals surface area contributed by atoms with E-state index >= 15 is 0 Å². The molecule has 24 heavy (non-hydrogen) atoms. The van der Waals surface area contributed by atoms with E-state index in [0.29, 0.717) is 32.0 Å². The van der Waals surface area contributed by atoms with Crippen LogP contribution in [-0.2, 0) is 27.3 Å². The molecule has 2 amide bonds. The number of nitrogens with zero attached hydrogens (tertiary/aromatic N) is 3. The molecular weight excluding hydrogens is 308 g/mol. The molecule has 7 heteroatoms. The molecule has 0 aromatic carbocycles. The van der Waals surface area contributed by atoms with Crippen LogP contribution in [0.1, 0.15) is 44.8 Å². The molecular formula is C17H28N4O3. The summed E-state index contributed by atoms with van der Waals surface area (Å²) in [5.41, 5.74) is 0.741. The molecule has 1 aromatic heterocycles. The lowest BCUT2D eigenvalue weighted by Gasteiger charge is -2.34. The highest BCUT2D eigenvalue weighted by Gasteiger charge is 2.29. The first kappa shape index (κ1) is 18.4. The van der Waals surface area contributed by atoms with E-state index in [1.54, 1.807) is 7.11 Å². The van der Waals surface area contributed by atoms with Crippen LogP contribution in [0, 0.1) is 5.92 Å². The van der Waals surface area contributed by atoms with Crippen LogP contribution in [-0.4, -0.2) is 53.1 Å². The van der Waals surface area contributed by atoms with E-state index in [4.69, 9.17) is 4.74 Å². The van der Waals surface area contributed by atoms with Crippen LogP contribution in [0.2, 0.25) is 0 Å². The van der Waals surface area contributed by atoms with Gasteiger partial charge in [0.1, 0.15) is 5.82 Å². The molecule has 0 aliphatic carbocycles. The number of hydrogen-bond donors (Lipinski definition) is 1. The summed E-state index contributed by atoms with van der Waals surface area (Å²) >= 11 is 0. The second-order valence-corrected chi connectivity index (χ2v) is 6.66. The average Bonchev–Trinajstić information content (AvgIpc) is 2.90. The van der Waals surface area contributed by atoms with Gasteiger partial charge >= 0.3 is 0 Å². The van der Waals surface area contributed by atoms with Gasteiger partial charge in [0.2, 0.25) is 11.8 Å². The van der Waals surface area contributed by atoms with Gasteiger partial charge in [-0.05, 0) is 12.8 Å². The Morgan fingerprint density at radius 1 is 1.42 bits per heavy atom. The Kier molecular flexibility index (Phi) is 6.36. The van der Waals surface area contributed by atoms with E-state index < -0.39 is 0 Å². The zero-order valence-electron chi connectivity index (χ0n) is 15.0. The summed E-state index contributed by atoms with van der Waals surface area (Å²) < 4.78 is 6.97. The first-order valence-corrected chi connectivity index (χ1v) is 8.53. The molecule has 7 nitrogen and oxygen atoms in total. The molecule has 0 saturated carbocycles. The number of carbonyl (C=O) groups excluding carboxylic acids is 2. The Labute approximate surface area is 143 Å². The molecule has 1 aliphatic heterocycles. The van der Waals surface area contributed by atoms with E-state index in [-0.39, 0.29) is 24.3 Å². The van der Waals surface area contributed by atoms with Gasteiger partial charge in [-0.3, -0.25) is 9.59 Å². The van der Waals surface area contributed by atoms with E-state index in [1.165, 1.54) is 0 Å². The van der Waals surface area contributed by atoms with E-state index in [9.17, 15) is 9.59 Å². The molecule has 134 valence electrons. The van der Waals surface area contributed by atoms with Gasteiger partial charge in [-0.15, -0.1) is 0 Å². The van der Waals surface area contributed by atoms with Crippen LogP contribution >= 0.6 is 0 Å². The summed E-state index contributed by atoms with van der Waals surface area (Å²) in [6.45, 7) is 8.50. The highest BCUT2D eigenvalue weighted by atomic mass is 16.5. The van der Waals surface area contributed by atoms with Crippen LogP contribution in [0.3, 0.4) is 0 Å². The predicted molar refractivity (Wildman–Crippen MR) is 90.4 cm³/mol. The Morgan fingerprint density at radius 2 is 2.17 bits per heavy atom. The number of methoxy groups -OCH3 is 1. The van der Waals surface area contributed by atoms with Crippen LogP contribution in [0.25, 0.3) is 0 Å². The number of fused-ring (bicyclic) bond motifs is 1. The van der Waals surface area contributed by atoms with Crippen molar-refractivity contribution < 1.29 is 14.3 Å². The van der Waals surface area contributed by atoms with Crippen LogP contribution < -0.4 is 5.32 Å². The lowest BCUT2D eigenvalue weighted by Crippen LogP contribution is -2.41. The second-order valence-electron chi connectivity index (χ2n) is 6.66. The number of ether oxygens (including phenoxy) is 1. The van der Waals surface area contributed by atoms with Crippen LogP contribution in [0.15, 0.2) is 6.20 Å². The molecule has 2 heterocycles. The number of nitrogens with one attached hydrogen (secondary N) is 1. The summed E-state index contributed by atoms with van der Waals surface area (Å²) in [6.07, 6.45) is 2.72. The van der Waals surface area contributed by atoms with Gasteiger partial charge in [-0.2, -0.15) is 0 Å². The molecule has 0 radical (unpaired) electrons. The van der Waals surface area contributed by atoms with Crippen molar-refractivity contribution in [2.45, 2.75) is 46.2 Å². The van der Waals surface area contributed by atoms with Crippen molar-refractivity contribution >= 4 is 11.8 Å². The Hall–Kier alpha value is -1.89. The summed E-state index contributed by atoms with van der Waals surface area (Å²) in [7, 11) is 1.60. The van der Waals surface area contributed by atoms with E-state index in [0.717, 1.165) is 18.1 Å². The molecule has 0 unspecified atom stereocenters. The Morgan fingerprint density at radius 3 is 2.83 bits per heavy atom. The maximum Gasteiger partial charge on any atom is 0.226 e. The van der Waals surface area contributed by atoms with Gasteiger partial charge < -0.3 is 19.5 Å². The first-order chi connectivity index (χ1) is 11.4. The number of aromatic nitrogens is 2. The van der Waals surface area contributed by atoms with Crippen LogP contribution in [0.5, 0.6) is 0 Å². The van der Waals surface area contributed by atoms with Crippen molar-refractivity contribution in [1.82, 2.24) is 19.8 Å². The van der Waals surface area contributed by atoms with Gasteiger partial charge in [0, 0.05) is 39.4 Å². The summed E-state index contributed by atoms with van der Waals surface area (Å²) in [6, 6.07) is -0.0599. The monoisotopic (exact) mass is 336 g/mol. The van der Waals surface area contributed by atoms with E-state index in [2.05, 4.69) is 14.9 Å². The van der Waals surface area contributed by atoms with Crippen LogP contribution in [0.4, 0.5) is 0 Å². The second kappa shape index (κ2) is 8.28. The quantitative estimate of drug-likeness (QED) is 0.758. The third-order valence-electron chi connectivity index (χ3n) is 4.15. The van der Waals surface area contributed by atoms with Crippen molar-refractivity contribution in [3.63, 3.8) is 0 Å². The zero-order chi connectivity index (χ0) is 17.7. The number of imidazole rings is 1. The third kappa shape index (κ3) is 4.56. The van der Waals surface area contributed by atoms with Gasteiger partial charge in [-0.25, -0.2) is 4.98 Å². The lowest BCUT2D eigenvalue weighted by molar-refractivity contribution is -0.135. The van der Waals surface area contributed by atoms with Gasteiger partial charge in [-0.1, -0.05) is 13.8 Å². The van der Waals surface area contributed by atoms with Crippen molar-refractivity contribution in [3.05, 3.63) is 17.7 Å². The molecule has 2 rings (SSSR count). The van der Waals surface area contributed by atoms with Crippen molar-refractivity contribution in [3.8, 4) is 0 Å². The van der Waals surface area contributed by atoms with Crippen molar-refractivity contribution in [1.29, 1.82) is 0 Å². The Bertz CT molecular complexity index is 582. The number of rotatable bonds is 7. The van der Waals surface area contributed by atoms with Crippen molar-refractivity contribution in [2.75, 3.05) is 26.8 Å². The van der Waals surface area contributed by atoms with E-state index in [1.807, 2.05) is 31.9 Å². The SMILES string of the molecule is COCCNC(=O)Cc1cn2c(n1)[C@H](C)N(C(=O)CC(C)C)CC2. The largest absolute Gasteiger partial charge is 0.383 e. The Balaban J connectivity index is 2.00. The van der Waals surface area contributed by atoms with Gasteiger partial charge in [0.05, 0.1) is 24.8 Å². The maximum atomic E-state index is 12.4. The molecule has 0 saturated heterocycles. The number of hydrogen-bond acceptors (Lipinski definition) is 4. The van der Waals surface area contributed by atoms with Crippen molar-refractivity contribution in [2.24, 2.45) is 5.92 Å². The minimum atomic E-state index is -0.0668. The normalized spacial score (nSPS) is 17.0. The first-order valence-electron chi connectivity index (χ1n) is 8.53. The molecule has 1 atom stereocenters. The topological polar surface area (TPSA) is 76.5 Å². The fourth-order valence-corrected chi connectivity index (χ4v) is 2.96. The standard InChI is InChI=1S/C17H28N4O3/c1-12(2)9-16(23)21-7-6-20-11-14(19-17(20)13(21)3)10-15(22)18-5-8-24-4/h11-13H,5-10H2,1-4H3,(H,18,22)/t13-/m0/s1. The minimum absolute atomic E-state index is 0.0599. The van der Waals surface area contributed by atoms with Gasteiger partial charge in [0.25, 0.3) is 0 Å². The van der Waals surface area contributed by atoms with Gasteiger partial charge in [0.15, 0.2) is 0 Å². The lowest BCUT2D eigenvalue weighted by atomic mass is 10.1. The smallest absolute Gasteiger partial charge is 0.226 e. The summed E-state index contributed by atoms with van der Waals surface area (Å²) in [4.78, 5) is 30.8. The average molecular weight is 336 g/mol. The highest BCUT2D eigenvalue weighted by Crippen LogP contribution is 2.26. The third-order valence-corrected chi connectivity index (χ3v) is 4.15. The summed E-state index contributed by atoms with van der Waals surface area (Å²) in [5.74, 6) is 1.31. The number of amides is 2. The zero-order valence-corrected chi connectivity index (χ0v) is 15.0. The fraction of sp³-hybridized carbons (Fsp3) is 0.706. The molecule has 1 aliphatic rings.